The molecule has 5 nitrogen and oxygen atoms in total. The molecule has 1 aromatic carbocycles. The molecular formula is C27H35N3O2. The van der Waals surface area contributed by atoms with Crippen LogP contribution in [0.3, 0.4) is 0 Å². The molecule has 0 bridgehead atoms. The van der Waals surface area contributed by atoms with Crippen molar-refractivity contribution in [2.75, 3.05) is 20.2 Å². The number of aliphatic imine (C=N–C) groups is 1. The Hall–Kier alpha value is -2.40. The second kappa shape index (κ2) is 9.22. The molecule has 0 radical (unpaired) electrons. The summed E-state index contributed by atoms with van der Waals surface area (Å²) in [4.78, 5) is 19.9. The minimum atomic E-state index is 0.114. The summed E-state index contributed by atoms with van der Waals surface area (Å²) in [6.45, 7) is 3.88. The largest absolute Gasteiger partial charge is 0.381 e. The third kappa shape index (κ3) is 4.03. The number of rotatable bonds is 4. The zero-order valence-electron chi connectivity index (χ0n) is 19.3. The summed E-state index contributed by atoms with van der Waals surface area (Å²) >= 11 is 0. The summed E-state index contributed by atoms with van der Waals surface area (Å²) in [5.41, 5.74) is 6.40. The van der Waals surface area contributed by atoms with Crippen LogP contribution in [0.4, 0.5) is 10.5 Å². The molecule has 2 aliphatic carbocycles. The third-order valence-electron chi connectivity index (χ3n) is 7.86. The van der Waals surface area contributed by atoms with Gasteiger partial charge in [0.25, 0.3) is 0 Å². The number of likely N-dealkylation sites (tertiary alicyclic amines) is 1. The van der Waals surface area contributed by atoms with Crippen LogP contribution in [0.1, 0.15) is 57.4 Å². The molecule has 1 unspecified atom stereocenters. The molecule has 0 spiro atoms. The highest BCUT2D eigenvalue weighted by Crippen LogP contribution is 2.45. The Morgan fingerprint density at radius 1 is 1.12 bits per heavy atom. The van der Waals surface area contributed by atoms with Crippen molar-refractivity contribution in [1.82, 2.24) is 10.2 Å². The van der Waals surface area contributed by atoms with E-state index in [4.69, 9.17) is 9.73 Å². The van der Waals surface area contributed by atoms with E-state index in [1.165, 1.54) is 22.4 Å². The number of hydrogen-bond acceptors (Lipinski definition) is 3. The lowest BCUT2D eigenvalue weighted by Gasteiger charge is -2.37. The molecule has 5 heteroatoms. The van der Waals surface area contributed by atoms with Crippen LogP contribution in [-0.4, -0.2) is 49.0 Å². The molecule has 1 saturated heterocycles. The number of ether oxygens (including phenoxy) is 1. The topological polar surface area (TPSA) is 53.9 Å². The lowest BCUT2D eigenvalue weighted by molar-refractivity contribution is 0.0623. The van der Waals surface area contributed by atoms with Gasteiger partial charge in [0.1, 0.15) is 0 Å². The van der Waals surface area contributed by atoms with Gasteiger partial charge in [0.2, 0.25) is 0 Å². The lowest BCUT2D eigenvalue weighted by atomic mass is 9.75. The maximum Gasteiger partial charge on any atom is 0.317 e. The molecule has 1 saturated carbocycles. The first-order valence-electron chi connectivity index (χ1n) is 12.4. The van der Waals surface area contributed by atoms with Crippen LogP contribution in [0.25, 0.3) is 5.57 Å². The first kappa shape index (κ1) is 21.4. The Bertz CT molecular complexity index is 947. The van der Waals surface area contributed by atoms with Crippen molar-refractivity contribution < 1.29 is 9.53 Å². The number of fused-ring (bicyclic) bond motifs is 3. The number of allylic oxidation sites excluding steroid dienone is 4. The standard InChI is InChI=1S/C27H35N3O2/c1-3-18-8-13-22(26-25(18)23-6-4-5-7-24(23)29-26)19-14-16-30(17-15-19)27(31)28-20-9-11-21(32-2)12-10-20/h4-8,13,19-22H,3,9-12,14-17H2,1-2H3,(H,28,31). The van der Waals surface area contributed by atoms with Crippen LogP contribution < -0.4 is 5.32 Å². The van der Waals surface area contributed by atoms with Gasteiger partial charge < -0.3 is 15.0 Å². The van der Waals surface area contributed by atoms with Crippen molar-refractivity contribution in [3.8, 4) is 0 Å². The molecular weight excluding hydrogens is 398 g/mol. The first-order chi connectivity index (χ1) is 15.7. The van der Waals surface area contributed by atoms with E-state index in [2.05, 4.69) is 48.7 Å². The van der Waals surface area contributed by atoms with Gasteiger partial charge in [0.15, 0.2) is 0 Å². The SMILES string of the molecule is CCC1=C2C(=Nc3ccccc32)C(C2CCN(C(=O)NC3CCC(OC)CC3)CC2)C=C1. The summed E-state index contributed by atoms with van der Waals surface area (Å²) < 4.78 is 5.45. The van der Waals surface area contributed by atoms with E-state index >= 15 is 0 Å². The lowest BCUT2D eigenvalue weighted by Crippen LogP contribution is -2.49. The molecule has 2 fully saturated rings. The van der Waals surface area contributed by atoms with Crippen molar-refractivity contribution in [2.45, 2.75) is 64.0 Å². The minimum Gasteiger partial charge on any atom is -0.381 e. The number of para-hydroxylation sites is 1. The van der Waals surface area contributed by atoms with Gasteiger partial charge in [-0.1, -0.05) is 37.3 Å². The summed E-state index contributed by atoms with van der Waals surface area (Å²) in [5, 5.41) is 3.28. The highest BCUT2D eigenvalue weighted by Gasteiger charge is 2.37. The van der Waals surface area contributed by atoms with E-state index < -0.39 is 0 Å². The fourth-order valence-electron chi connectivity index (χ4n) is 5.92. The van der Waals surface area contributed by atoms with Gasteiger partial charge in [-0.25, -0.2) is 4.79 Å². The van der Waals surface area contributed by atoms with Crippen LogP contribution in [-0.2, 0) is 4.74 Å². The zero-order valence-corrected chi connectivity index (χ0v) is 19.3. The van der Waals surface area contributed by atoms with Crippen LogP contribution in [0.15, 0.2) is 47.0 Å². The number of piperidine rings is 1. The maximum absolute atomic E-state index is 12.9. The molecule has 170 valence electrons. The highest BCUT2D eigenvalue weighted by atomic mass is 16.5. The van der Waals surface area contributed by atoms with E-state index in [0.29, 0.717) is 24.0 Å². The summed E-state index contributed by atoms with van der Waals surface area (Å²) in [6, 6.07) is 8.94. The van der Waals surface area contributed by atoms with Gasteiger partial charge in [-0.05, 0) is 62.5 Å². The Kier molecular flexibility index (Phi) is 6.18. The van der Waals surface area contributed by atoms with Gasteiger partial charge in [-0.15, -0.1) is 0 Å². The Morgan fingerprint density at radius 2 is 1.88 bits per heavy atom. The fraction of sp³-hybridized carbons (Fsp3) is 0.556. The van der Waals surface area contributed by atoms with Crippen molar-refractivity contribution in [1.29, 1.82) is 0 Å². The number of benzene rings is 1. The van der Waals surface area contributed by atoms with E-state index in [-0.39, 0.29) is 6.03 Å². The quantitative estimate of drug-likeness (QED) is 0.681. The van der Waals surface area contributed by atoms with E-state index in [0.717, 1.165) is 63.7 Å². The minimum absolute atomic E-state index is 0.114. The Balaban J connectivity index is 1.21. The molecule has 5 rings (SSSR count). The Labute approximate surface area is 191 Å². The number of carbonyl (C=O) groups excluding carboxylic acids is 1. The molecule has 1 aromatic rings. The van der Waals surface area contributed by atoms with Crippen LogP contribution in [0, 0.1) is 11.8 Å². The number of carbonyl (C=O) groups is 1. The van der Waals surface area contributed by atoms with E-state index in [1.54, 1.807) is 7.11 Å². The van der Waals surface area contributed by atoms with Gasteiger partial charge in [-0.3, -0.25) is 4.99 Å². The van der Waals surface area contributed by atoms with E-state index in [9.17, 15) is 4.79 Å². The number of nitrogens with one attached hydrogen (secondary N) is 1. The monoisotopic (exact) mass is 433 g/mol. The molecule has 32 heavy (non-hydrogen) atoms. The summed E-state index contributed by atoms with van der Waals surface area (Å²) in [6.07, 6.45) is 12.3. The number of methoxy groups -OCH3 is 1. The predicted octanol–water partition coefficient (Wildman–Crippen LogP) is 5.50. The van der Waals surface area contributed by atoms with Crippen LogP contribution in [0.2, 0.25) is 0 Å². The molecule has 2 heterocycles. The van der Waals surface area contributed by atoms with Gasteiger partial charge in [0.05, 0.1) is 17.5 Å². The molecule has 2 amide bonds. The van der Waals surface area contributed by atoms with Crippen molar-refractivity contribution >= 4 is 23.0 Å². The third-order valence-corrected chi connectivity index (χ3v) is 7.86. The molecule has 0 aromatic heterocycles. The number of nitrogens with zero attached hydrogens (tertiary/aromatic N) is 2. The van der Waals surface area contributed by atoms with Gasteiger partial charge in [0, 0.05) is 43.3 Å². The Morgan fingerprint density at radius 3 is 2.59 bits per heavy atom. The van der Waals surface area contributed by atoms with Crippen molar-refractivity contribution in [2.24, 2.45) is 16.8 Å². The van der Waals surface area contributed by atoms with Gasteiger partial charge in [-0.2, -0.15) is 0 Å². The summed E-state index contributed by atoms with van der Waals surface area (Å²) in [7, 11) is 1.78. The normalized spacial score (nSPS) is 27.8. The van der Waals surface area contributed by atoms with Crippen molar-refractivity contribution in [3.05, 3.63) is 47.6 Å². The van der Waals surface area contributed by atoms with Crippen molar-refractivity contribution in [3.63, 3.8) is 0 Å². The van der Waals surface area contributed by atoms with E-state index in [1.807, 2.05) is 4.90 Å². The average molecular weight is 434 g/mol. The molecule has 4 aliphatic rings. The maximum atomic E-state index is 12.9. The van der Waals surface area contributed by atoms with Crippen LogP contribution in [0.5, 0.6) is 0 Å². The summed E-state index contributed by atoms with van der Waals surface area (Å²) in [5.74, 6) is 0.885. The first-order valence-corrected chi connectivity index (χ1v) is 12.4. The number of amides is 2. The molecule has 2 aliphatic heterocycles. The van der Waals surface area contributed by atoms with Crippen LogP contribution >= 0.6 is 0 Å². The number of urea groups is 1. The molecule has 1 atom stereocenters. The van der Waals surface area contributed by atoms with Gasteiger partial charge >= 0.3 is 6.03 Å². The second-order valence-corrected chi connectivity index (χ2v) is 9.64. The number of hydrogen-bond donors (Lipinski definition) is 1. The predicted molar refractivity (Wildman–Crippen MR) is 129 cm³/mol. The average Bonchev–Trinajstić information content (AvgIpc) is 3.24. The smallest absolute Gasteiger partial charge is 0.317 e. The second-order valence-electron chi connectivity index (χ2n) is 9.64. The molecule has 1 N–H and O–H groups in total. The highest BCUT2D eigenvalue weighted by molar-refractivity contribution is 6.32. The zero-order chi connectivity index (χ0) is 22.1. The fourth-order valence-corrected chi connectivity index (χ4v) is 5.92.